The number of thiophene rings is 1. The molecule has 1 aromatic carbocycles. The van der Waals surface area contributed by atoms with Crippen molar-refractivity contribution < 1.29 is 26.1 Å². The Labute approximate surface area is 163 Å². The number of hydrogen-bond donors (Lipinski definition) is 1. The molecule has 10 heteroatoms. The van der Waals surface area contributed by atoms with Crippen LogP contribution in [0.2, 0.25) is 0 Å². The normalized spacial score (nSPS) is 22.4. The van der Waals surface area contributed by atoms with Gasteiger partial charge in [0.1, 0.15) is 4.21 Å². The third kappa shape index (κ3) is 3.59. The fourth-order valence-corrected chi connectivity index (χ4v) is 5.81. The first-order valence-electron chi connectivity index (χ1n) is 8.38. The van der Waals surface area contributed by atoms with Gasteiger partial charge in [-0.1, -0.05) is 42.4 Å². The lowest BCUT2D eigenvalue weighted by Crippen LogP contribution is -2.27. The second kappa shape index (κ2) is 6.71. The van der Waals surface area contributed by atoms with Crippen molar-refractivity contribution in [3.8, 4) is 10.6 Å². The van der Waals surface area contributed by atoms with Crippen molar-refractivity contribution in [1.82, 2.24) is 9.88 Å². The molecule has 4 rings (SSSR count). The van der Waals surface area contributed by atoms with E-state index >= 15 is 0 Å². The van der Waals surface area contributed by atoms with Crippen LogP contribution in [0.15, 0.2) is 57.3 Å². The highest BCUT2D eigenvalue weighted by atomic mass is 32.2. The van der Waals surface area contributed by atoms with Gasteiger partial charge >= 0.3 is 6.18 Å². The van der Waals surface area contributed by atoms with Crippen molar-refractivity contribution in [2.24, 2.45) is 5.92 Å². The maximum Gasteiger partial charge on any atom is 0.436 e. The first kappa shape index (κ1) is 19.2. The predicted octanol–water partition coefficient (Wildman–Crippen LogP) is 4.50. The summed E-state index contributed by atoms with van der Waals surface area (Å²) in [6.45, 7) is 1.97. The van der Waals surface area contributed by atoms with Crippen LogP contribution in [0.5, 0.6) is 0 Å². The molecule has 28 heavy (non-hydrogen) atoms. The van der Waals surface area contributed by atoms with Gasteiger partial charge in [-0.15, -0.1) is 11.3 Å². The van der Waals surface area contributed by atoms with Gasteiger partial charge in [-0.3, -0.25) is 0 Å². The Kier molecular flexibility index (Phi) is 4.59. The lowest BCUT2D eigenvalue weighted by Gasteiger charge is -2.04. The monoisotopic (exact) mass is 428 g/mol. The minimum absolute atomic E-state index is 0.0124. The van der Waals surface area contributed by atoms with E-state index in [1.165, 1.54) is 12.1 Å². The summed E-state index contributed by atoms with van der Waals surface area (Å²) in [6.07, 6.45) is -4.62. The third-order valence-electron chi connectivity index (χ3n) is 4.74. The van der Waals surface area contributed by atoms with Gasteiger partial charge in [0.2, 0.25) is 10.0 Å². The highest BCUT2D eigenvalue weighted by Crippen LogP contribution is 2.48. The fourth-order valence-electron chi connectivity index (χ4n) is 3.19. The molecule has 0 radical (unpaired) electrons. The number of halogens is 3. The summed E-state index contributed by atoms with van der Waals surface area (Å²) in [7, 11) is -3.80. The van der Waals surface area contributed by atoms with Crippen LogP contribution in [-0.2, 0) is 16.2 Å². The molecule has 3 aromatic rings. The van der Waals surface area contributed by atoms with Gasteiger partial charge in [0.25, 0.3) is 0 Å². The summed E-state index contributed by atoms with van der Waals surface area (Å²) >= 11 is 0.833. The van der Waals surface area contributed by atoms with E-state index in [0.717, 1.165) is 23.0 Å². The van der Waals surface area contributed by atoms with E-state index in [9.17, 15) is 21.6 Å². The molecule has 3 atom stereocenters. The van der Waals surface area contributed by atoms with Crippen LogP contribution < -0.4 is 4.72 Å². The minimum atomic E-state index is -4.62. The SMILES string of the molecule is C[C@H]1[C@H](NS(=O)(=O)c2ccc(-c3cc(C(F)(F)F)no3)s2)[C@H]1c1ccccc1. The number of alkyl halides is 3. The maximum atomic E-state index is 12.7. The number of benzene rings is 1. The molecule has 5 nitrogen and oxygen atoms in total. The molecule has 0 saturated heterocycles. The number of nitrogens with zero attached hydrogens (tertiary/aromatic N) is 1. The first-order chi connectivity index (χ1) is 13.2. The van der Waals surface area contributed by atoms with E-state index in [4.69, 9.17) is 4.52 Å². The Balaban J connectivity index is 1.51. The van der Waals surface area contributed by atoms with Gasteiger partial charge in [-0.2, -0.15) is 13.2 Å². The maximum absolute atomic E-state index is 12.7. The molecule has 0 spiro atoms. The van der Waals surface area contributed by atoms with Crippen LogP contribution in [0.3, 0.4) is 0 Å². The molecule has 148 valence electrons. The molecular formula is C18H15F3N2O3S2. The lowest BCUT2D eigenvalue weighted by atomic mass is 10.1. The van der Waals surface area contributed by atoms with Crippen LogP contribution in [-0.4, -0.2) is 19.6 Å². The zero-order chi connectivity index (χ0) is 20.1. The molecule has 1 aliphatic rings. The minimum Gasteiger partial charge on any atom is -0.355 e. The summed E-state index contributed by atoms with van der Waals surface area (Å²) in [4.78, 5) is 0.256. The number of hydrogen-bond acceptors (Lipinski definition) is 5. The molecule has 0 aliphatic heterocycles. The molecule has 1 saturated carbocycles. The van der Waals surface area contributed by atoms with E-state index in [0.29, 0.717) is 0 Å². The summed E-state index contributed by atoms with van der Waals surface area (Å²) in [5.41, 5.74) is -0.0909. The second-order valence-electron chi connectivity index (χ2n) is 6.64. The van der Waals surface area contributed by atoms with Gasteiger partial charge < -0.3 is 4.52 Å². The van der Waals surface area contributed by atoms with E-state index < -0.39 is 21.9 Å². The average Bonchev–Trinajstić information content (AvgIpc) is 3.10. The average molecular weight is 428 g/mol. The van der Waals surface area contributed by atoms with E-state index in [1.54, 1.807) is 0 Å². The Hall–Kier alpha value is -2.17. The number of nitrogens with one attached hydrogen (secondary N) is 1. The largest absolute Gasteiger partial charge is 0.436 e. The van der Waals surface area contributed by atoms with E-state index in [2.05, 4.69) is 9.88 Å². The number of rotatable bonds is 5. The Morgan fingerprint density at radius 2 is 1.86 bits per heavy atom. The fraction of sp³-hybridized carbons (Fsp3) is 0.278. The van der Waals surface area contributed by atoms with E-state index in [1.807, 2.05) is 37.3 Å². The second-order valence-corrected chi connectivity index (χ2v) is 9.66. The highest BCUT2D eigenvalue weighted by molar-refractivity contribution is 7.91. The topological polar surface area (TPSA) is 72.2 Å². The van der Waals surface area contributed by atoms with Gasteiger partial charge in [0, 0.05) is 18.0 Å². The zero-order valence-electron chi connectivity index (χ0n) is 14.5. The molecule has 2 aromatic heterocycles. The van der Waals surface area contributed by atoms with Gasteiger partial charge in [0.05, 0.1) is 4.88 Å². The highest BCUT2D eigenvalue weighted by Gasteiger charge is 2.49. The molecule has 1 aliphatic carbocycles. The van der Waals surface area contributed by atoms with Crippen molar-refractivity contribution in [3.05, 3.63) is 59.8 Å². The van der Waals surface area contributed by atoms with Crippen LogP contribution in [0.4, 0.5) is 13.2 Å². The molecule has 2 heterocycles. The molecule has 0 unspecified atom stereocenters. The van der Waals surface area contributed by atoms with Gasteiger partial charge in [0.15, 0.2) is 11.5 Å². The predicted molar refractivity (Wildman–Crippen MR) is 97.3 cm³/mol. The van der Waals surface area contributed by atoms with Crippen LogP contribution in [0.25, 0.3) is 10.6 Å². The lowest BCUT2D eigenvalue weighted by molar-refractivity contribution is -0.142. The van der Waals surface area contributed by atoms with Crippen LogP contribution >= 0.6 is 11.3 Å². The van der Waals surface area contributed by atoms with Crippen molar-refractivity contribution in [2.45, 2.75) is 29.3 Å². The molecule has 0 amide bonds. The van der Waals surface area contributed by atoms with Crippen molar-refractivity contribution in [2.75, 3.05) is 0 Å². The van der Waals surface area contributed by atoms with Crippen molar-refractivity contribution in [3.63, 3.8) is 0 Å². The summed E-state index contributed by atoms with van der Waals surface area (Å²) in [5, 5.41) is 2.99. The Morgan fingerprint density at radius 1 is 1.14 bits per heavy atom. The van der Waals surface area contributed by atoms with Crippen molar-refractivity contribution >= 4 is 21.4 Å². The standard InChI is InChI=1S/C18H15F3N2O3S2/c1-10-16(11-5-3-2-4-6-11)17(10)23-28(24,25)15-8-7-13(27-15)12-9-14(22-26-12)18(19,20)21/h2-10,16-17,23H,1H3/t10-,16-,17+/m1/s1. The summed E-state index contributed by atoms with van der Waals surface area (Å²) in [5.74, 6) is 0.125. The van der Waals surface area contributed by atoms with Crippen LogP contribution in [0.1, 0.15) is 24.1 Å². The van der Waals surface area contributed by atoms with Crippen LogP contribution in [0, 0.1) is 5.92 Å². The Morgan fingerprint density at radius 3 is 2.50 bits per heavy atom. The van der Waals surface area contributed by atoms with Crippen molar-refractivity contribution in [1.29, 1.82) is 0 Å². The Bertz CT molecular complexity index is 1090. The summed E-state index contributed by atoms with van der Waals surface area (Å²) in [6, 6.07) is 12.9. The smallest absolute Gasteiger partial charge is 0.355 e. The molecule has 0 bridgehead atoms. The number of aromatic nitrogens is 1. The summed E-state index contributed by atoms with van der Waals surface area (Å²) < 4.78 is 70.7. The quantitative estimate of drug-likeness (QED) is 0.649. The molecule has 1 N–H and O–H groups in total. The molecule has 1 fully saturated rings. The number of sulfonamides is 1. The third-order valence-corrected chi connectivity index (χ3v) is 7.80. The van der Waals surface area contributed by atoms with E-state index in [-0.39, 0.29) is 32.7 Å². The molecular weight excluding hydrogens is 413 g/mol. The first-order valence-corrected chi connectivity index (χ1v) is 10.7. The van der Waals surface area contributed by atoms with Gasteiger partial charge in [-0.05, 0) is 23.6 Å². The zero-order valence-corrected chi connectivity index (χ0v) is 16.1. The van der Waals surface area contributed by atoms with Gasteiger partial charge in [-0.25, -0.2) is 13.1 Å².